The van der Waals surface area contributed by atoms with E-state index in [1.54, 1.807) is 12.1 Å². The molecule has 1 heterocycles. The Balaban J connectivity index is 0.000000222. The second-order valence-corrected chi connectivity index (χ2v) is 11.6. The van der Waals surface area contributed by atoms with E-state index in [-0.39, 0.29) is 4.90 Å². The van der Waals surface area contributed by atoms with Crippen LogP contribution in [-0.4, -0.2) is 13.0 Å². The van der Waals surface area contributed by atoms with Gasteiger partial charge in [-0.3, -0.25) is 0 Å². The summed E-state index contributed by atoms with van der Waals surface area (Å²) in [5.74, 6) is 0. The molecule has 0 fully saturated rings. The monoisotopic (exact) mass is 469 g/mol. The van der Waals surface area contributed by atoms with E-state index < -0.39 is 10.1 Å². The van der Waals surface area contributed by atoms with Crippen LogP contribution in [0.2, 0.25) is 0 Å². The molecule has 1 aromatic heterocycles. The van der Waals surface area contributed by atoms with Gasteiger partial charge in [-0.1, -0.05) is 66.7 Å². The van der Waals surface area contributed by atoms with E-state index in [0.29, 0.717) is 5.41 Å². The third-order valence-corrected chi connectivity index (χ3v) is 7.41. The summed E-state index contributed by atoms with van der Waals surface area (Å²) in [5.41, 5.74) is 5.64. The van der Waals surface area contributed by atoms with Crippen LogP contribution in [0.3, 0.4) is 0 Å². The van der Waals surface area contributed by atoms with Crippen LogP contribution in [0.15, 0.2) is 70.6 Å². The molecule has 0 amide bonds. The van der Waals surface area contributed by atoms with E-state index in [1.165, 1.54) is 51.3 Å². The van der Waals surface area contributed by atoms with Crippen LogP contribution < -0.4 is 4.57 Å². The van der Waals surface area contributed by atoms with Gasteiger partial charge in [-0.15, -0.1) is 0 Å². The molecule has 0 saturated heterocycles. The molecule has 0 saturated carbocycles. The van der Waals surface area contributed by atoms with Gasteiger partial charge >= 0.3 is 0 Å². The third kappa shape index (κ3) is 6.15. The van der Waals surface area contributed by atoms with Gasteiger partial charge in [0.15, 0.2) is 0 Å². The normalized spacial score (nSPS) is 17.1. The second kappa shape index (κ2) is 9.69. The Morgan fingerprint density at radius 3 is 2.31 bits per heavy atom. The SMILES string of the molecule is CC[n+]1c(/C=C2/C=C(C)CC(C)(C)C2)sc2ccccc21.Cc1ccc(S(=O)(=O)[O-])cc1. The van der Waals surface area contributed by atoms with Crippen molar-refractivity contribution in [3.63, 3.8) is 0 Å². The van der Waals surface area contributed by atoms with Gasteiger partial charge in [0, 0.05) is 12.1 Å². The minimum Gasteiger partial charge on any atom is -0.744 e. The molecule has 1 aliphatic carbocycles. The summed E-state index contributed by atoms with van der Waals surface area (Å²) in [4.78, 5) is -0.178. The first-order chi connectivity index (χ1) is 15.0. The number of aromatic nitrogens is 1. The Labute approximate surface area is 195 Å². The highest BCUT2D eigenvalue weighted by molar-refractivity contribution is 7.85. The third-order valence-electron chi connectivity index (χ3n) is 5.44. The largest absolute Gasteiger partial charge is 0.744 e. The van der Waals surface area contributed by atoms with E-state index in [1.807, 2.05) is 18.3 Å². The fraction of sp³-hybridized carbons (Fsp3) is 0.346. The molecule has 1 aliphatic rings. The van der Waals surface area contributed by atoms with Gasteiger partial charge in [0.2, 0.25) is 5.52 Å². The van der Waals surface area contributed by atoms with E-state index in [0.717, 1.165) is 12.1 Å². The van der Waals surface area contributed by atoms with Crippen molar-refractivity contribution in [3.05, 3.63) is 76.3 Å². The summed E-state index contributed by atoms with van der Waals surface area (Å²) < 4.78 is 35.0. The van der Waals surface area contributed by atoms with Gasteiger partial charge in [0.05, 0.1) is 4.90 Å². The predicted octanol–water partition coefficient (Wildman–Crippen LogP) is 6.26. The fourth-order valence-corrected chi connectivity index (χ4v) is 5.90. The van der Waals surface area contributed by atoms with Gasteiger partial charge in [0.1, 0.15) is 21.4 Å². The summed E-state index contributed by atoms with van der Waals surface area (Å²) in [6.07, 6.45) is 7.17. The van der Waals surface area contributed by atoms with Crippen molar-refractivity contribution >= 4 is 37.7 Å². The minimum absolute atomic E-state index is 0.178. The van der Waals surface area contributed by atoms with Crippen LogP contribution in [0.25, 0.3) is 16.3 Å². The molecule has 170 valence electrons. The molecule has 0 spiro atoms. The Bertz CT molecular complexity index is 1260. The van der Waals surface area contributed by atoms with Crippen LogP contribution in [0.4, 0.5) is 0 Å². The number of allylic oxidation sites excluding steroid dienone is 3. The molecule has 0 radical (unpaired) electrons. The van der Waals surface area contributed by atoms with E-state index in [4.69, 9.17) is 0 Å². The maximum absolute atomic E-state index is 10.4. The highest BCUT2D eigenvalue weighted by Gasteiger charge is 2.25. The predicted molar refractivity (Wildman–Crippen MR) is 132 cm³/mol. The average molecular weight is 470 g/mol. The molecule has 2 aromatic carbocycles. The van der Waals surface area contributed by atoms with Crippen molar-refractivity contribution in [2.45, 2.75) is 58.9 Å². The molecular weight excluding hydrogens is 438 g/mol. The number of nitrogens with zero attached hydrogens (tertiary/aromatic N) is 1. The molecule has 0 aliphatic heterocycles. The highest BCUT2D eigenvalue weighted by Crippen LogP contribution is 2.38. The lowest BCUT2D eigenvalue weighted by molar-refractivity contribution is -0.665. The fourth-order valence-electron chi connectivity index (χ4n) is 4.23. The van der Waals surface area contributed by atoms with E-state index in [9.17, 15) is 13.0 Å². The van der Waals surface area contributed by atoms with E-state index in [2.05, 4.69) is 68.7 Å². The Hall–Kier alpha value is -2.28. The number of aryl methyl sites for hydroxylation is 2. The van der Waals surface area contributed by atoms with Crippen molar-refractivity contribution in [2.75, 3.05) is 0 Å². The molecule has 3 aromatic rings. The van der Waals surface area contributed by atoms with Gasteiger partial charge in [0.25, 0.3) is 5.01 Å². The Kier molecular flexibility index (Phi) is 7.38. The van der Waals surface area contributed by atoms with Gasteiger partial charge in [-0.25, -0.2) is 8.42 Å². The van der Waals surface area contributed by atoms with Crippen LogP contribution in [-0.2, 0) is 16.7 Å². The van der Waals surface area contributed by atoms with Crippen LogP contribution >= 0.6 is 11.3 Å². The Morgan fingerprint density at radius 2 is 1.72 bits per heavy atom. The first-order valence-electron chi connectivity index (χ1n) is 10.8. The smallest absolute Gasteiger partial charge is 0.263 e. The number of hydrogen-bond donors (Lipinski definition) is 0. The van der Waals surface area contributed by atoms with Crippen molar-refractivity contribution in [3.8, 4) is 0 Å². The Morgan fingerprint density at radius 1 is 1.06 bits per heavy atom. The number of fused-ring (bicyclic) bond motifs is 1. The molecule has 0 N–H and O–H groups in total. The first kappa shape index (κ1) is 24.4. The van der Waals surface area contributed by atoms with E-state index >= 15 is 0 Å². The molecule has 0 bridgehead atoms. The molecule has 6 heteroatoms. The van der Waals surface area contributed by atoms with Crippen LogP contribution in [0.1, 0.15) is 51.1 Å². The number of thiazole rings is 1. The van der Waals surface area contributed by atoms with Gasteiger partial charge < -0.3 is 4.55 Å². The minimum atomic E-state index is -4.27. The second-order valence-electron chi connectivity index (χ2n) is 9.15. The maximum atomic E-state index is 10.4. The van der Waals surface area contributed by atoms with Gasteiger partial charge in [-0.2, -0.15) is 4.57 Å². The summed E-state index contributed by atoms with van der Waals surface area (Å²) in [6.45, 7) is 12.1. The topological polar surface area (TPSA) is 61.1 Å². The maximum Gasteiger partial charge on any atom is 0.263 e. The van der Waals surface area contributed by atoms with Crippen molar-refractivity contribution in [1.29, 1.82) is 0 Å². The number of para-hydroxylation sites is 1. The lowest BCUT2D eigenvalue weighted by atomic mass is 9.75. The highest BCUT2D eigenvalue weighted by atomic mass is 32.2. The van der Waals surface area contributed by atoms with Crippen molar-refractivity contribution < 1.29 is 17.5 Å². The summed E-state index contributed by atoms with van der Waals surface area (Å²) in [6, 6.07) is 14.5. The molecule has 4 nitrogen and oxygen atoms in total. The van der Waals surface area contributed by atoms with Crippen LogP contribution in [0, 0.1) is 12.3 Å². The molecule has 0 unspecified atom stereocenters. The molecular formula is C26H31NO3S2. The van der Waals surface area contributed by atoms with Crippen LogP contribution in [0.5, 0.6) is 0 Å². The van der Waals surface area contributed by atoms with Crippen molar-refractivity contribution in [2.24, 2.45) is 5.41 Å². The average Bonchev–Trinajstić information content (AvgIpc) is 3.03. The standard InChI is InChI=1S/C19H24NS.C7H8O3S/c1-5-20-16-8-6-7-9-17(16)21-18(20)11-15-10-14(2)12-19(3,4)13-15;1-6-2-4-7(5-3-6)11(8,9)10/h6-11H,5,12-13H2,1-4H3;2-5H,1H3,(H,8,9,10)/q+1;/p-1/b15-11-;. The zero-order valence-corrected chi connectivity index (χ0v) is 21.0. The summed E-state index contributed by atoms with van der Waals surface area (Å²) >= 11 is 1.90. The quantitative estimate of drug-likeness (QED) is 0.336. The first-order valence-corrected chi connectivity index (χ1v) is 13.0. The number of benzene rings is 2. The number of rotatable bonds is 3. The molecule has 32 heavy (non-hydrogen) atoms. The molecule has 0 atom stereocenters. The number of hydrogen-bond acceptors (Lipinski definition) is 4. The lowest BCUT2D eigenvalue weighted by Gasteiger charge is -2.29. The zero-order chi connectivity index (χ0) is 23.5. The lowest BCUT2D eigenvalue weighted by Crippen LogP contribution is -2.33. The van der Waals surface area contributed by atoms with Crippen molar-refractivity contribution in [1.82, 2.24) is 0 Å². The van der Waals surface area contributed by atoms with Gasteiger partial charge in [-0.05, 0) is 62.8 Å². The summed E-state index contributed by atoms with van der Waals surface area (Å²) in [5, 5.41) is 1.37. The summed E-state index contributed by atoms with van der Waals surface area (Å²) in [7, 11) is -4.27. The molecule has 4 rings (SSSR count). The zero-order valence-electron chi connectivity index (χ0n) is 19.4.